The number of fused-ring (bicyclic) bond motifs is 5. The minimum absolute atomic E-state index is 0.0473. The molecule has 70 heavy (non-hydrogen) atoms. The van der Waals surface area contributed by atoms with Crippen molar-refractivity contribution in [1.82, 2.24) is 44.9 Å². The fraction of sp³-hybridized carbons (Fsp3) is 0.462. The van der Waals surface area contributed by atoms with Crippen molar-refractivity contribution in [3.05, 3.63) is 88.4 Å². The van der Waals surface area contributed by atoms with Crippen LogP contribution in [0.3, 0.4) is 0 Å². The number of hydrogen-bond acceptors (Lipinski definition) is 11. The van der Waals surface area contributed by atoms with Gasteiger partial charge in [0.2, 0.25) is 18.0 Å². The Morgan fingerprint density at radius 2 is 1.37 bits per heavy atom. The van der Waals surface area contributed by atoms with Crippen LogP contribution in [0.5, 0.6) is 5.75 Å². The molecule has 17 nitrogen and oxygen atoms in total. The fourth-order valence-corrected chi connectivity index (χ4v) is 12.1. The number of rotatable bonds is 12. The summed E-state index contributed by atoms with van der Waals surface area (Å²) in [5.74, 6) is 2.34. The van der Waals surface area contributed by atoms with Crippen molar-refractivity contribution < 1.29 is 38.1 Å². The normalized spacial score (nSPS) is 21.0. The van der Waals surface area contributed by atoms with Gasteiger partial charge in [0, 0.05) is 53.3 Å². The van der Waals surface area contributed by atoms with Crippen LogP contribution in [0.15, 0.2) is 67.0 Å². The summed E-state index contributed by atoms with van der Waals surface area (Å²) in [5.41, 5.74) is 6.59. The second-order valence-corrected chi connectivity index (χ2v) is 20.7. The van der Waals surface area contributed by atoms with E-state index in [0.717, 1.165) is 86.8 Å². The smallest absolute Gasteiger partial charge is 0.407 e. The quantitative estimate of drug-likeness (QED) is 0.0920. The third kappa shape index (κ3) is 8.58. The Labute approximate surface area is 409 Å². The highest BCUT2D eigenvalue weighted by molar-refractivity contribution is 7.12. The van der Waals surface area contributed by atoms with Gasteiger partial charge < -0.3 is 49.3 Å². The maximum atomic E-state index is 14.2. The van der Waals surface area contributed by atoms with Gasteiger partial charge in [0.25, 0.3) is 0 Å². The molecular formula is C52H59N9O8S. The molecule has 4 amide bonds. The van der Waals surface area contributed by atoms with E-state index < -0.39 is 30.5 Å². The first-order valence-electron chi connectivity index (χ1n) is 24.6. The number of imidazole rings is 2. The molecule has 0 radical (unpaired) electrons. The number of nitrogens with one attached hydrogen (secondary N) is 4. The number of methoxy groups -OCH3 is 2. The molecule has 5 atom stereocenters. The highest BCUT2D eigenvalue weighted by atomic mass is 32.1. The van der Waals surface area contributed by atoms with Gasteiger partial charge in [-0.15, -0.1) is 11.3 Å². The number of hydrogen-bond donors (Lipinski definition) is 4. The molecule has 5 aliphatic rings. The number of amides is 4. The van der Waals surface area contributed by atoms with Gasteiger partial charge in [0.1, 0.15) is 29.5 Å². The fourth-order valence-electron chi connectivity index (χ4n) is 10.9. The molecule has 1 unspecified atom stereocenters. The van der Waals surface area contributed by atoms with Crippen molar-refractivity contribution in [2.75, 3.05) is 40.5 Å². The number of likely N-dealkylation sites (tertiary alicyclic amines) is 2. The number of alkyl carbamates (subject to hydrolysis) is 2. The van der Waals surface area contributed by atoms with Crippen molar-refractivity contribution in [3.63, 3.8) is 0 Å². The minimum atomic E-state index is -0.718. The summed E-state index contributed by atoms with van der Waals surface area (Å²) in [4.78, 5) is 75.6. The highest BCUT2D eigenvalue weighted by Gasteiger charge is 2.41. The number of carbonyl (C=O) groups excluding carboxylic acids is 4. The third-order valence-corrected chi connectivity index (χ3v) is 16.1. The van der Waals surface area contributed by atoms with E-state index in [9.17, 15) is 19.2 Å². The van der Waals surface area contributed by atoms with Gasteiger partial charge in [0.15, 0.2) is 0 Å². The maximum Gasteiger partial charge on any atom is 0.407 e. The van der Waals surface area contributed by atoms with Gasteiger partial charge in [-0.2, -0.15) is 0 Å². The van der Waals surface area contributed by atoms with Gasteiger partial charge in [-0.25, -0.2) is 19.6 Å². The van der Waals surface area contributed by atoms with E-state index >= 15 is 0 Å². The molecule has 0 spiro atoms. The van der Waals surface area contributed by atoms with Crippen LogP contribution < -0.4 is 15.4 Å². The van der Waals surface area contributed by atoms with E-state index in [4.69, 9.17) is 28.9 Å². The van der Waals surface area contributed by atoms with Crippen LogP contribution in [0.4, 0.5) is 9.59 Å². The Bertz CT molecular complexity index is 2950. The van der Waals surface area contributed by atoms with Gasteiger partial charge in [0.05, 0.1) is 66.2 Å². The number of thiophene rings is 1. The standard InChI is InChI=1S/C52H59N9O8S/c1-28(2)44(57-51(64)66-3)48(62)59-19-5-7-38(59)46-54-27-36(56-46)32-11-13-34-40-24-33-23-31(12-14-37(33)61(40)50(69-41(34)25-32)43-16-15-42(70-43)29-9-10-29)35-26-53-47(55-35)39-8-6-20-60(39)49(63)45(58-52(65)67-4)30-17-21-68-22-18-30/h11-16,23-30,38-39,44-45,50H,5-10,17-22H2,1-4H3,(H,53,55)(H,54,56)(H,57,64)(H,58,65)/t38-,39-,44-,45-,50?/m0/s1. The summed E-state index contributed by atoms with van der Waals surface area (Å²) in [6.45, 7) is 6.06. The highest BCUT2D eigenvalue weighted by Crippen LogP contribution is 2.50. The van der Waals surface area contributed by atoms with Crippen LogP contribution >= 0.6 is 11.3 Å². The number of aromatic nitrogens is 5. The molecule has 18 heteroatoms. The van der Waals surface area contributed by atoms with E-state index in [2.05, 4.69) is 79.8 Å². The van der Waals surface area contributed by atoms with Crippen LogP contribution in [0.2, 0.25) is 0 Å². The van der Waals surface area contributed by atoms with Gasteiger partial charge in [-0.3, -0.25) is 14.2 Å². The number of carbonyl (C=O) groups is 4. The molecule has 0 bridgehead atoms. The Kier molecular flexibility index (Phi) is 12.4. The zero-order valence-corrected chi connectivity index (χ0v) is 40.7. The Morgan fingerprint density at radius 3 is 2.03 bits per heavy atom. The summed E-state index contributed by atoms with van der Waals surface area (Å²) in [6.07, 6.45) is 8.98. The Hall–Kier alpha value is -6.66. The summed E-state index contributed by atoms with van der Waals surface area (Å²) in [7, 11) is 2.61. The molecule has 2 aromatic carbocycles. The average Bonchev–Trinajstić information content (AvgIpc) is 4.11. The number of nitrogens with zero attached hydrogens (tertiary/aromatic N) is 5. The maximum absolute atomic E-state index is 14.2. The molecule has 4 N–H and O–H groups in total. The third-order valence-electron chi connectivity index (χ3n) is 14.8. The molecule has 4 aliphatic heterocycles. The minimum Gasteiger partial charge on any atom is -0.464 e. The van der Waals surface area contributed by atoms with E-state index in [-0.39, 0.29) is 35.7 Å². The topological polar surface area (TPSA) is 198 Å². The molecule has 1 aliphatic carbocycles. The summed E-state index contributed by atoms with van der Waals surface area (Å²) in [6, 6.07) is 17.5. The second kappa shape index (κ2) is 18.9. The Balaban J connectivity index is 0.881. The summed E-state index contributed by atoms with van der Waals surface area (Å²) >= 11 is 1.82. The largest absolute Gasteiger partial charge is 0.464 e. The molecule has 4 aromatic heterocycles. The summed E-state index contributed by atoms with van der Waals surface area (Å²) < 4.78 is 24.7. The average molecular weight is 970 g/mol. The molecule has 8 heterocycles. The van der Waals surface area contributed by atoms with E-state index in [1.165, 1.54) is 31.9 Å². The lowest BCUT2D eigenvalue weighted by atomic mass is 9.90. The number of H-pyrrole nitrogens is 2. The zero-order valence-electron chi connectivity index (χ0n) is 39.9. The molecular weight excluding hydrogens is 911 g/mol. The number of aromatic amines is 2. The predicted molar refractivity (Wildman–Crippen MR) is 262 cm³/mol. The molecule has 3 saturated heterocycles. The van der Waals surface area contributed by atoms with E-state index in [1.807, 2.05) is 47.4 Å². The zero-order chi connectivity index (χ0) is 48.2. The van der Waals surface area contributed by atoms with Crippen molar-refractivity contribution >= 4 is 46.2 Å². The SMILES string of the molecule is COC(=O)N[C@H](C(=O)N1CCC[C@H]1c1ncc(-c2ccc3c(c2)OC(c2ccc(C4CC4)s2)n2c-3cc3cc(-c4cnc([C@@H]5CCCN5C(=O)[C@@H](NC(=O)OC)C5CCOCC5)[nH]4)ccc32)[nH]1)C(C)C. The van der Waals surface area contributed by atoms with Crippen molar-refractivity contribution in [3.8, 4) is 39.5 Å². The van der Waals surface area contributed by atoms with Gasteiger partial charge >= 0.3 is 12.2 Å². The van der Waals surface area contributed by atoms with Crippen LogP contribution in [0.1, 0.15) is 111 Å². The summed E-state index contributed by atoms with van der Waals surface area (Å²) in [5, 5.41) is 6.62. The molecule has 11 rings (SSSR count). The molecule has 1 saturated carbocycles. The molecule has 366 valence electrons. The van der Waals surface area contributed by atoms with E-state index in [1.54, 1.807) is 0 Å². The van der Waals surface area contributed by atoms with Crippen LogP contribution in [0, 0.1) is 11.8 Å². The van der Waals surface area contributed by atoms with Crippen molar-refractivity contribution in [2.45, 2.75) is 102 Å². The lowest BCUT2D eigenvalue weighted by Crippen LogP contribution is -2.53. The van der Waals surface area contributed by atoms with Crippen molar-refractivity contribution in [1.29, 1.82) is 0 Å². The monoisotopic (exact) mass is 969 g/mol. The van der Waals surface area contributed by atoms with Crippen molar-refractivity contribution in [2.24, 2.45) is 11.8 Å². The first-order valence-corrected chi connectivity index (χ1v) is 25.4. The lowest BCUT2D eigenvalue weighted by Gasteiger charge is -2.34. The van der Waals surface area contributed by atoms with Crippen LogP contribution in [0.25, 0.3) is 44.7 Å². The number of benzene rings is 2. The van der Waals surface area contributed by atoms with Gasteiger partial charge in [-0.05, 0) is 112 Å². The van der Waals surface area contributed by atoms with Crippen LogP contribution in [-0.4, -0.2) is 111 Å². The second-order valence-electron chi connectivity index (χ2n) is 19.5. The van der Waals surface area contributed by atoms with Crippen LogP contribution in [-0.2, 0) is 23.8 Å². The van der Waals surface area contributed by atoms with Gasteiger partial charge in [-0.1, -0.05) is 26.0 Å². The van der Waals surface area contributed by atoms with E-state index in [0.29, 0.717) is 50.9 Å². The number of ether oxygens (including phenoxy) is 4. The molecule has 4 fully saturated rings. The first kappa shape index (κ1) is 45.8. The predicted octanol–water partition coefficient (Wildman–Crippen LogP) is 8.83. The first-order chi connectivity index (χ1) is 34.1. The lowest BCUT2D eigenvalue weighted by molar-refractivity contribution is -0.137. The Morgan fingerprint density at radius 1 is 0.743 bits per heavy atom. The molecule has 6 aromatic rings.